The van der Waals surface area contributed by atoms with Crippen molar-refractivity contribution in [1.82, 2.24) is 10.2 Å². The second-order valence-electron chi connectivity index (χ2n) is 16.4. The average Bonchev–Trinajstić information content (AvgIpc) is 4.13. The Kier molecular flexibility index (Phi) is 14.2. The van der Waals surface area contributed by atoms with Crippen LogP contribution in [-0.2, 0) is 27.5 Å². The molecule has 3 aromatic rings. The van der Waals surface area contributed by atoms with Crippen LogP contribution in [-0.4, -0.2) is 76.4 Å². The molecule has 2 amide bonds. The van der Waals surface area contributed by atoms with Crippen LogP contribution in [0.25, 0.3) is 0 Å². The maximum absolute atomic E-state index is 14.1. The highest BCUT2D eigenvalue weighted by molar-refractivity contribution is 6.03. The summed E-state index contributed by atoms with van der Waals surface area (Å²) in [5, 5.41) is 38.7. The highest BCUT2D eigenvalue weighted by Crippen LogP contribution is 2.62. The molecule has 2 fully saturated rings. The molecule has 0 unspecified atom stereocenters. The van der Waals surface area contributed by atoms with Gasteiger partial charge in [-0.15, -0.1) is 6.58 Å². The highest BCUT2D eigenvalue weighted by Gasteiger charge is 2.65. The number of rotatable bonds is 20. The molecule has 2 saturated carbocycles. The lowest BCUT2D eigenvalue weighted by Crippen LogP contribution is -2.69. The zero-order valence-corrected chi connectivity index (χ0v) is 34.7. The summed E-state index contributed by atoms with van der Waals surface area (Å²) in [4.78, 5) is 45.9. The summed E-state index contributed by atoms with van der Waals surface area (Å²) in [6.07, 6.45) is 9.48. The SMILES string of the molecule is C=CCO[C@@]12Oc3ccc(OC(=O)NCc4ccccc4)cc3[C@H]3[C@H](CCCCO)[C@@H](CCCCO)C=C(C(=NOCc4ccc([N+](=O)[O-])cc4)C[C@@H]1N(C)C(=O)C1CC1)[C@H]32. The number of aliphatic hydroxyl groups excluding tert-OH is 2. The van der Waals surface area contributed by atoms with Gasteiger partial charge in [0, 0.05) is 62.8 Å². The molecular formula is C47H56N4O10. The van der Waals surface area contributed by atoms with Gasteiger partial charge in [0.2, 0.25) is 11.7 Å². The van der Waals surface area contributed by atoms with Crippen LogP contribution in [0, 0.1) is 33.8 Å². The van der Waals surface area contributed by atoms with Gasteiger partial charge < -0.3 is 39.5 Å². The third-order valence-electron chi connectivity index (χ3n) is 12.4. The number of hydrogen-bond acceptors (Lipinski definition) is 11. The molecule has 0 saturated heterocycles. The highest BCUT2D eigenvalue weighted by atomic mass is 16.7. The van der Waals surface area contributed by atoms with Gasteiger partial charge in [0.1, 0.15) is 24.1 Å². The largest absolute Gasteiger partial charge is 0.459 e. The summed E-state index contributed by atoms with van der Waals surface area (Å²) < 4.78 is 20.0. The molecule has 1 aliphatic heterocycles. The fourth-order valence-electron chi connectivity index (χ4n) is 9.37. The van der Waals surface area contributed by atoms with E-state index in [2.05, 4.69) is 18.0 Å². The number of allylic oxidation sites excluding steroid dienone is 1. The number of unbranched alkanes of at least 4 members (excludes halogenated alkanes) is 2. The predicted molar refractivity (Wildman–Crippen MR) is 228 cm³/mol. The molecule has 3 aromatic carbocycles. The monoisotopic (exact) mass is 836 g/mol. The predicted octanol–water partition coefficient (Wildman–Crippen LogP) is 7.59. The van der Waals surface area contributed by atoms with E-state index in [9.17, 15) is 29.9 Å². The molecule has 14 heteroatoms. The van der Waals surface area contributed by atoms with Crippen molar-refractivity contribution in [2.45, 2.75) is 88.7 Å². The zero-order valence-electron chi connectivity index (χ0n) is 34.7. The Morgan fingerprint density at radius 2 is 1.75 bits per heavy atom. The van der Waals surface area contributed by atoms with Crippen molar-refractivity contribution in [2.75, 3.05) is 26.9 Å². The van der Waals surface area contributed by atoms with Gasteiger partial charge in [-0.2, -0.15) is 0 Å². The molecule has 61 heavy (non-hydrogen) atoms. The maximum atomic E-state index is 14.1. The van der Waals surface area contributed by atoms with Crippen molar-refractivity contribution < 1.29 is 43.8 Å². The second kappa shape index (κ2) is 19.9. The number of non-ortho nitro benzene ring substituents is 1. The molecule has 14 nitrogen and oxygen atoms in total. The molecule has 1 heterocycles. The van der Waals surface area contributed by atoms with E-state index in [1.54, 1.807) is 36.2 Å². The lowest BCUT2D eigenvalue weighted by atomic mass is 9.55. The minimum Gasteiger partial charge on any atom is -0.459 e. The number of nitro benzene ring substituents is 1. The van der Waals surface area contributed by atoms with Crippen molar-refractivity contribution >= 4 is 23.4 Å². The average molecular weight is 837 g/mol. The van der Waals surface area contributed by atoms with E-state index < -0.39 is 28.8 Å². The molecular weight excluding hydrogens is 781 g/mol. The first-order valence-corrected chi connectivity index (χ1v) is 21.4. The van der Waals surface area contributed by atoms with Gasteiger partial charge in [-0.1, -0.05) is 60.5 Å². The normalized spacial score (nSPS) is 24.3. The van der Waals surface area contributed by atoms with Gasteiger partial charge >= 0.3 is 6.09 Å². The Bertz CT molecular complexity index is 2090. The summed E-state index contributed by atoms with van der Waals surface area (Å²) in [6, 6.07) is 20.4. The van der Waals surface area contributed by atoms with Crippen LogP contribution in [0.4, 0.5) is 10.5 Å². The molecule has 3 N–H and O–H groups in total. The molecule has 7 rings (SSSR count). The lowest BCUT2D eigenvalue weighted by Gasteiger charge is -2.59. The van der Waals surface area contributed by atoms with E-state index in [-0.39, 0.29) is 68.1 Å². The maximum Gasteiger partial charge on any atom is 0.412 e. The summed E-state index contributed by atoms with van der Waals surface area (Å²) in [7, 11) is 1.80. The molecule has 324 valence electrons. The van der Waals surface area contributed by atoms with Crippen LogP contribution in [0.3, 0.4) is 0 Å². The van der Waals surface area contributed by atoms with E-state index >= 15 is 0 Å². The van der Waals surface area contributed by atoms with Gasteiger partial charge in [0.15, 0.2) is 0 Å². The van der Waals surface area contributed by atoms with Crippen LogP contribution < -0.4 is 14.8 Å². The molecule has 0 spiro atoms. The number of hydrogen-bond donors (Lipinski definition) is 3. The molecule has 0 aromatic heterocycles. The molecule has 0 bridgehead atoms. The van der Waals surface area contributed by atoms with Gasteiger partial charge in [0.05, 0.1) is 23.2 Å². The molecule has 0 radical (unpaired) electrons. The summed E-state index contributed by atoms with van der Waals surface area (Å²) in [6.45, 7) is 4.58. The Hall–Kier alpha value is -5.57. The second-order valence-corrected chi connectivity index (χ2v) is 16.4. The Balaban J connectivity index is 1.34. The first-order valence-electron chi connectivity index (χ1n) is 21.4. The Morgan fingerprint density at radius 3 is 2.44 bits per heavy atom. The third-order valence-corrected chi connectivity index (χ3v) is 12.4. The van der Waals surface area contributed by atoms with E-state index in [1.807, 2.05) is 42.5 Å². The number of likely N-dealkylation sites (N-methyl/N-ethyl adjacent to an activating group) is 1. The molecule has 3 aliphatic carbocycles. The standard InChI is InChI=1S/C47H56N4O10/c1-3-25-58-47-42(50(2)45(54)33-17-18-33)28-40(49-59-30-32-15-19-35(20-16-32)51(56)57)38-26-34(13-7-9-23-52)37(14-8-10-24-53)43(44(38)47)39-27-36(21-22-41(39)61-47)60-46(55)48-29-31-11-5-4-6-12-31/h3-6,11-12,15-16,19-22,26-27,33-34,37,42-44,52-53H,1,7-10,13-14,17-18,23-25,28-30H2,2H3,(H,48,55)/t34-,37+,42-,43+,44+,47+/m0/s1. The number of aliphatic hydroxyl groups is 2. The van der Waals surface area contributed by atoms with Crippen LogP contribution in [0.1, 0.15) is 80.4 Å². The first-order chi connectivity index (χ1) is 29.7. The topological polar surface area (TPSA) is 182 Å². The molecule has 4 aliphatic rings. The summed E-state index contributed by atoms with van der Waals surface area (Å²) in [5.74, 6) is -1.43. The van der Waals surface area contributed by atoms with E-state index in [0.29, 0.717) is 42.2 Å². The zero-order chi connectivity index (χ0) is 42.9. The van der Waals surface area contributed by atoms with Gasteiger partial charge in [-0.25, -0.2) is 4.79 Å². The number of amides is 2. The van der Waals surface area contributed by atoms with Crippen molar-refractivity contribution in [1.29, 1.82) is 0 Å². The first kappa shape index (κ1) is 43.5. The van der Waals surface area contributed by atoms with Crippen molar-refractivity contribution in [3.63, 3.8) is 0 Å². The number of nitrogens with zero attached hydrogens (tertiary/aromatic N) is 3. The quantitative estimate of drug-likeness (QED) is 0.0444. The fourth-order valence-corrected chi connectivity index (χ4v) is 9.37. The number of carbonyl (C=O) groups is 2. The summed E-state index contributed by atoms with van der Waals surface area (Å²) in [5.41, 5.74) is 3.93. The van der Waals surface area contributed by atoms with Gasteiger partial charge in [0.25, 0.3) is 5.69 Å². The third kappa shape index (κ3) is 9.82. The van der Waals surface area contributed by atoms with Crippen LogP contribution in [0.2, 0.25) is 0 Å². The van der Waals surface area contributed by atoms with Crippen molar-refractivity contribution in [3.8, 4) is 11.5 Å². The molecule has 6 atom stereocenters. The van der Waals surface area contributed by atoms with Crippen LogP contribution in [0.5, 0.6) is 11.5 Å². The number of nitrogens with one attached hydrogen (secondary N) is 1. The minimum atomic E-state index is -1.39. The number of benzene rings is 3. The van der Waals surface area contributed by atoms with Gasteiger partial charge in [-0.3, -0.25) is 14.9 Å². The Labute approximate surface area is 356 Å². The summed E-state index contributed by atoms with van der Waals surface area (Å²) >= 11 is 0. The minimum absolute atomic E-state index is 0.00134. The van der Waals surface area contributed by atoms with Crippen LogP contribution in [0.15, 0.2) is 102 Å². The van der Waals surface area contributed by atoms with E-state index in [1.165, 1.54) is 12.1 Å². The number of carbonyl (C=O) groups excluding carboxylic acids is 2. The smallest absolute Gasteiger partial charge is 0.412 e. The number of nitro groups is 1. The Morgan fingerprint density at radius 1 is 1.02 bits per heavy atom. The van der Waals surface area contributed by atoms with Crippen molar-refractivity contribution in [3.05, 3.63) is 124 Å². The van der Waals surface area contributed by atoms with Gasteiger partial charge in [-0.05, 0) is 97.4 Å². The number of oxime groups is 1. The number of fused-ring (bicyclic) bond motifs is 2. The number of ether oxygens (including phenoxy) is 3. The van der Waals surface area contributed by atoms with Crippen LogP contribution >= 0.6 is 0 Å². The lowest BCUT2D eigenvalue weighted by molar-refractivity contribution is -0.384. The van der Waals surface area contributed by atoms with E-state index in [4.69, 9.17) is 24.2 Å². The van der Waals surface area contributed by atoms with E-state index in [0.717, 1.165) is 55.2 Å². The fraction of sp³-hybridized carbons (Fsp3) is 0.468. The van der Waals surface area contributed by atoms with Crippen molar-refractivity contribution in [2.24, 2.45) is 28.8 Å².